The molecule has 6 nitrogen and oxygen atoms in total. The number of hydrogen-bond donors (Lipinski definition) is 2. The van der Waals surface area contributed by atoms with Gasteiger partial charge in [0.25, 0.3) is 0 Å². The van der Waals surface area contributed by atoms with Gasteiger partial charge in [-0.1, -0.05) is 25.5 Å². The van der Waals surface area contributed by atoms with E-state index in [0.29, 0.717) is 18.8 Å². The van der Waals surface area contributed by atoms with Crippen LogP contribution >= 0.6 is 0 Å². The summed E-state index contributed by atoms with van der Waals surface area (Å²) >= 11 is 0. The van der Waals surface area contributed by atoms with Crippen molar-refractivity contribution in [3.8, 4) is 0 Å². The van der Waals surface area contributed by atoms with E-state index in [-0.39, 0.29) is 11.8 Å². The summed E-state index contributed by atoms with van der Waals surface area (Å²) in [7, 11) is 0. The van der Waals surface area contributed by atoms with Gasteiger partial charge in [0.15, 0.2) is 0 Å². The summed E-state index contributed by atoms with van der Waals surface area (Å²) in [6, 6.07) is 7.81. The van der Waals surface area contributed by atoms with E-state index in [4.69, 9.17) is 0 Å². The number of anilines is 1. The van der Waals surface area contributed by atoms with Crippen LogP contribution in [0.4, 0.5) is 5.95 Å². The minimum Gasteiger partial charge on any atom is -0.481 e. The number of aryl methyl sites for hydroxylation is 1. The van der Waals surface area contributed by atoms with Crippen molar-refractivity contribution in [1.82, 2.24) is 9.55 Å². The van der Waals surface area contributed by atoms with E-state index in [9.17, 15) is 14.7 Å². The Balaban J connectivity index is 1.80. The summed E-state index contributed by atoms with van der Waals surface area (Å²) in [4.78, 5) is 28.3. The first kappa shape index (κ1) is 16.5. The summed E-state index contributed by atoms with van der Waals surface area (Å²) < 4.78 is 2.02. The maximum atomic E-state index is 12.6. The lowest BCUT2D eigenvalue weighted by atomic mass is 9.81. The molecular formula is C18H23N3O3. The van der Waals surface area contributed by atoms with Gasteiger partial charge in [-0.05, 0) is 37.8 Å². The molecule has 6 heteroatoms. The number of carboxylic acids is 1. The highest BCUT2D eigenvalue weighted by Gasteiger charge is 2.31. The van der Waals surface area contributed by atoms with Crippen molar-refractivity contribution in [2.24, 2.45) is 11.8 Å². The molecular weight excluding hydrogens is 306 g/mol. The minimum absolute atomic E-state index is 0.117. The number of carbonyl (C=O) groups excluding carboxylic acids is 1. The Hall–Kier alpha value is -2.37. The quantitative estimate of drug-likeness (QED) is 0.881. The number of para-hydroxylation sites is 2. The van der Waals surface area contributed by atoms with Gasteiger partial charge in [0, 0.05) is 12.5 Å². The lowest BCUT2D eigenvalue weighted by molar-refractivity contribution is -0.143. The Bertz CT molecular complexity index is 753. The minimum atomic E-state index is -0.800. The molecule has 2 unspecified atom stereocenters. The maximum Gasteiger partial charge on any atom is 0.306 e. The van der Waals surface area contributed by atoms with E-state index in [0.717, 1.165) is 36.8 Å². The standard InChI is InChI=1S/C18H23N3O3/c1-2-10-21-15-9-4-3-8-14(15)19-18(21)20-16(22)12-6-5-7-13(11-12)17(23)24/h3-4,8-9,12-13H,2,5-7,10-11H2,1H3,(H,23,24)(H,19,20,22). The number of aliphatic carboxylic acids is 1. The maximum absolute atomic E-state index is 12.6. The number of benzene rings is 1. The van der Waals surface area contributed by atoms with Crippen LogP contribution in [0.5, 0.6) is 0 Å². The van der Waals surface area contributed by atoms with E-state index < -0.39 is 11.9 Å². The third-order valence-corrected chi connectivity index (χ3v) is 4.73. The summed E-state index contributed by atoms with van der Waals surface area (Å²) in [6.07, 6.45) is 3.53. The number of aromatic nitrogens is 2. The van der Waals surface area contributed by atoms with Crippen LogP contribution in [-0.4, -0.2) is 26.5 Å². The second-order valence-electron chi connectivity index (χ2n) is 6.46. The van der Waals surface area contributed by atoms with Gasteiger partial charge in [0.1, 0.15) is 0 Å². The summed E-state index contributed by atoms with van der Waals surface area (Å²) in [5.41, 5.74) is 1.86. The van der Waals surface area contributed by atoms with Crippen molar-refractivity contribution in [2.45, 2.75) is 45.6 Å². The molecule has 1 saturated carbocycles. The summed E-state index contributed by atoms with van der Waals surface area (Å²) in [6.45, 7) is 2.86. The predicted octanol–water partition coefficient (Wildman–Crippen LogP) is 3.28. The molecule has 1 aliphatic carbocycles. The van der Waals surface area contributed by atoms with Crippen molar-refractivity contribution < 1.29 is 14.7 Å². The lowest BCUT2D eigenvalue weighted by Gasteiger charge is -2.25. The van der Waals surface area contributed by atoms with Crippen molar-refractivity contribution in [3.05, 3.63) is 24.3 Å². The molecule has 0 aliphatic heterocycles. The number of amides is 1. The molecule has 1 aromatic heterocycles. The predicted molar refractivity (Wildman–Crippen MR) is 91.7 cm³/mol. The molecule has 1 aromatic carbocycles. The highest BCUT2D eigenvalue weighted by molar-refractivity contribution is 5.93. The van der Waals surface area contributed by atoms with E-state index in [2.05, 4.69) is 17.2 Å². The zero-order chi connectivity index (χ0) is 17.1. The molecule has 3 rings (SSSR count). The number of nitrogens with one attached hydrogen (secondary N) is 1. The third kappa shape index (κ3) is 3.27. The molecule has 2 aromatic rings. The SMILES string of the molecule is CCCn1c(NC(=O)C2CCCC(C(=O)O)C2)nc2ccccc21. The molecule has 0 spiro atoms. The first-order valence-corrected chi connectivity index (χ1v) is 8.59. The normalized spacial score (nSPS) is 20.9. The fraction of sp³-hybridized carbons (Fsp3) is 0.500. The fourth-order valence-electron chi connectivity index (χ4n) is 3.49. The van der Waals surface area contributed by atoms with E-state index in [1.165, 1.54) is 0 Å². The topological polar surface area (TPSA) is 84.2 Å². The molecule has 0 bridgehead atoms. The van der Waals surface area contributed by atoms with Crippen LogP contribution in [0.15, 0.2) is 24.3 Å². The third-order valence-electron chi connectivity index (χ3n) is 4.73. The fourth-order valence-corrected chi connectivity index (χ4v) is 3.49. The Kier molecular flexibility index (Phi) is 4.83. The average Bonchev–Trinajstić information content (AvgIpc) is 2.93. The Morgan fingerprint density at radius 1 is 1.29 bits per heavy atom. The smallest absolute Gasteiger partial charge is 0.306 e. The van der Waals surface area contributed by atoms with Crippen molar-refractivity contribution in [3.63, 3.8) is 0 Å². The zero-order valence-corrected chi connectivity index (χ0v) is 13.9. The average molecular weight is 329 g/mol. The number of imidazole rings is 1. The summed E-state index contributed by atoms with van der Waals surface area (Å²) in [5, 5.41) is 12.1. The van der Waals surface area contributed by atoms with E-state index in [1.807, 2.05) is 28.8 Å². The number of hydrogen-bond acceptors (Lipinski definition) is 3. The highest BCUT2D eigenvalue weighted by Crippen LogP contribution is 2.30. The van der Waals surface area contributed by atoms with Crippen molar-refractivity contribution in [2.75, 3.05) is 5.32 Å². The molecule has 2 N–H and O–H groups in total. The number of rotatable bonds is 5. The molecule has 1 aliphatic rings. The molecule has 24 heavy (non-hydrogen) atoms. The molecule has 1 amide bonds. The number of fused-ring (bicyclic) bond motifs is 1. The van der Waals surface area contributed by atoms with Crippen LogP contribution in [0, 0.1) is 11.8 Å². The van der Waals surface area contributed by atoms with Gasteiger partial charge >= 0.3 is 5.97 Å². The number of carbonyl (C=O) groups is 2. The van der Waals surface area contributed by atoms with Crippen LogP contribution in [0.1, 0.15) is 39.0 Å². The Morgan fingerprint density at radius 2 is 2.04 bits per heavy atom. The van der Waals surface area contributed by atoms with Crippen molar-refractivity contribution in [1.29, 1.82) is 0 Å². The van der Waals surface area contributed by atoms with Gasteiger partial charge < -0.3 is 9.67 Å². The second kappa shape index (κ2) is 7.03. The van der Waals surface area contributed by atoms with Gasteiger partial charge in [-0.15, -0.1) is 0 Å². The van der Waals surface area contributed by atoms with E-state index in [1.54, 1.807) is 0 Å². The monoisotopic (exact) mass is 329 g/mol. The van der Waals surface area contributed by atoms with Crippen molar-refractivity contribution >= 4 is 28.9 Å². The lowest BCUT2D eigenvalue weighted by Crippen LogP contribution is -2.31. The van der Waals surface area contributed by atoms with E-state index >= 15 is 0 Å². The van der Waals surface area contributed by atoms with Gasteiger partial charge in [0.2, 0.25) is 11.9 Å². The number of carboxylic acid groups (broad SMARTS) is 1. The van der Waals surface area contributed by atoms with Crippen LogP contribution in [0.25, 0.3) is 11.0 Å². The van der Waals surface area contributed by atoms with Gasteiger partial charge in [-0.25, -0.2) is 4.98 Å². The first-order chi connectivity index (χ1) is 11.6. The van der Waals surface area contributed by atoms with Crippen LogP contribution in [0.3, 0.4) is 0 Å². The zero-order valence-electron chi connectivity index (χ0n) is 13.9. The largest absolute Gasteiger partial charge is 0.481 e. The highest BCUT2D eigenvalue weighted by atomic mass is 16.4. The van der Waals surface area contributed by atoms with Gasteiger partial charge in [-0.3, -0.25) is 14.9 Å². The Morgan fingerprint density at radius 3 is 2.79 bits per heavy atom. The van der Waals surface area contributed by atoms with Crippen LogP contribution < -0.4 is 5.32 Å². The molecule has 2 atom stereocenters. The Labute approximate surface area is 140 Å². The molecule has 0 saturated heterocycles. The van der Waals surface area contributed by atoms with Gasteiger partial charge in [0.05, 0.1) is 17.0 Å². The van der Waals surface area contributed by atoms with Gasteiger partial charge in [-0.2, -0.15) is 0 Å². The molecule has 128 valence electrons. The number of nitrogens with zero attached hydrogens (tertiary/aromatic N) is 2. The second-order valence-corrected chi connectivity index (χ2v) is 6.46. The molecule has 1 fully saturated rings. The molecule has 1 heterocycles. The molecule has 0 radical (unpaired) electrons. The summed E-state index contributed by atoms with van der Waals surface area (Å²) in [5.74, 6) is -1.03. The first-order valence-electron chi connectivity index (χ1n) is 8.59. The van der Waals surface area contributed by atoms with Crippen LogP contribution in [0.2, 0.25) is 0 Å². The van der Waals surface area contributed by atoms with Crippen LogP contribution in [-0.2, 0) is 16.1 Å².